The number of nitrogen functional groups attached to an aromatic ring is 1. The normalized spacial score (nSPS) is 15.8. The number of carbonyl (C=O) groups is 1. The number of aliphatic carboxylic acids is 1. The van der Waals surface area contributed by atoms with Gasteiger partial charge in [-0.15, -0.1) is 0 Å². The van der Waals surface area contributed by atoms with Crippen molar-refractivity contribution < 1.29 is 20.1 Å². The lowest BCUT2D eigenvalue weighted by Crippen LogP contribution is -2.19. The van der Waals surface area contributed by atoms with Crippen LogP contribution in [0.15, 0.2) is 42.5 Å². The fourth-order valence-corrected chi connectivity index (χ4v) is 2.78. The third-order valence-corrected chi connectivity index (χ3v) is 4.26. The molecule has 0 radical (unpaired) electrons. The second kappa shape index (κ2) is 5.12. The van der Waals surface area contributed by atoms with E-state index in [-0.39, 0.29) is 0 Å². The number of hydrogen-bond acceptors (Lipinski definition) is 4. The first-order valence-corrected chi connectivity index (χ1v) is 7.04. The molecule has 0 amide bonds. The van der Waals surface area contributed by atoms with Crippen LogP contribution in [0.4, 0.5) is 5.69 Å². The van der Waals surface area contributed by atoms with Crippen molar-refractivity contribution in [3.05, 3.63) is 53.6 Å². The summed E-state index contributed by atoms with van der Waals surface area (Å²) in [7, 11) is 0. The van der Waals surface area contributed by atoms with Crippen molar-refractivity contribution >= 4 is 11.7 Å². The molecule has 1 aliphatic rings. The van der Waals surface area contributed by atoms with Gasteiger partial charge in [-0.05, 0) is 41.7 Å². The molecule has 2 aromatic carbocycles. The predicted molar refractivity (Wildman–Crippen MR) is 82.0 cm³/mol. The molecule has 0 atom stereocenters. The van der Waals surface area contributed by atoms with Gasteiger partial charge >= 0.3 is 5.97 Å². The molecule has 1 saturated carbocycles. The minimum absolute atomic E-state index is 0.326. The summed E-state index contributed by atoms with van der Waals surface area (Å²) in [6, 6.07) is 12.1. The zero-order valence-electron chi connectivity index (χ0n) is 11.9. The Bertz CT molecular complexity index is 718. The highest BCUT2D eigenvalue weighted by atomic mass is 16.5. The summed E-state index contributed by atoms with van der Waals surface area (Å²) in [5, 5.41) is 28.3. The van der Waals surface area contributed by atoms with Crippen LogP contribution in [0.3, 0.4) is 0 Å². The van der Waals surface area contributed by atoms with E-state index in [2.05, 4.69) is 0 Å². The molecule has 3 rings (SSSR count). The number of aliphatic hydroxyl groups excluding tert-OH is 1. The van der Waals surface area contributed by atoms with Crippen LogP contribution >= 0.6 is 0 Å². The van der Waals surface area contributed by atoms with Gasteiger partial charge in [-0.3, -0.25) is 4.79 Å². The van der Waals surface area contributed by atoms with E-state index in [4.69, 9.17) is 5.73 Å². The van der Waals surface area contributed by atoms with Crippen LogP contribution < -0.4 is 5.73 Å². The standard InChI is InChI=1S/C17H17NO4/c18-12-5-6-13(14(9-12)15(19)20)10-1-3-11(4-2-10)17(7-8-17)16(21)22/h1-6,9,15,19-20H,7-8,18H2,(H,21,22). The van der Waals surface area contributed by atoms with Crippen LogP contribution in [-0.4, -0.2) is 21.3 Å². The topological polar surface area (TPSA) is 104 Å². The van der Waals surface area contributed by atoms with E-state index in [0.717, 1.165) is 11.1 Å². The second-order valence-electron chi connectivity index (χ2n) is 5.68. The molecule has 1 fully saturated rings. The van der Waals surface area contributed by atoms with Crippen LogP contribution in [0, 0.1) is 0 Å². The Morgan fingerprint density at radius 3 is 2.23 bits per heavy atom. The van der Waals surface area contributed by atoms with Gasteiger partial charge in [0.1, 0.15) is 0 Å². The zero-order valence-corrected chi connectivity index (χ0v) is 11.9. The van der Waals surface area contributed by atoms with Gasteiger partial charge in [0.25, 0.3) is 0 Å². The van der Waals surface area contributed by atoms with Gasteiger partial charge in [0, 0.05) is 11.3 Å². The van der Waals surface area contributed by atoms with Gasteiger partial charge in [0.2, 0.25) is 0 Å². The number of rotatable bonds is 4. The number of nitrogens with two attached hydrogens (primary N) is 1. The van der Waals surface area contributed by atoms with Gasteiger partial charge in [-0.25, -0.2) is 0 Å². The Kier molecular flexibility index (Phi) is 3.39. The third kappa shape index (κ3) is 2.34. The van der Waals surface area contributed by atoms with Crippen molar-refractivity contribution in [3.8, 4) is 11.1 Å². The summed E-state index contributed by atoms with van der Waals surface area (Å²) in [6.07, 6.45) is -0.305. The molecular formula is C17H17NO4. The van der Waals surface area contributed by atoms with Crippen LogP contribution in [0.25, 0.3) is 11.1 Å². The summed E-state index contributed by atoms with van der Waals surface area (Å²) in [5.74, 6) is -0.792. The van der Waals surface area contributed by atoms with Crippen molar-refractivity contribution in [3.63, 3.8) is 0 Å². The number of benzene rings is 2. The van der Waals surface area contributed by atoms with Crippen LogP contribution in [0.1, 0.15) is 30.3 Å². The molecule has 0 bridgehead atoms. The maximum Gasteiger partial charge on any atom is 0.314 e. The van der Waals surface area contributed by atoms with Gasteiger partial charge in [-0.1, -0.05) is 30.3 Å². The summed E-state index contributed by atoms with van der Waals surface area (Å²) in [6.45, 7) is 0. The molecule has 5 N–H and O–H groups in total. The molecule has 0 heterocycles. The SMILES string of the molecule is Nc1ccc(-c2ccc(C3(C(=O)O)CC3)cc2)c(C(O)O)c1. The van der Waals surface area contributed by atoms with E-state index in [0.29, 0.717) is 29.7 Å². The summed E-state index contributed by atoms with van der Waals surface area (Å²) in [4.78, 5) is 11.3. The molecule has 1 aliphatic carbocycles. The average molecular weight is 299 g/mol. The van der Waals surface area contributed by atoms with Gasteiger partial charge in [0.05, 0.1) is 5.41 Å². The van der Waals surface area contributed by atoms with Crippen LogP contribution in [0.5, 0.6) is 0 Å². The smallest absolute Gasteiger partial charge is 0.314 e. The lowest BCUT2D eigenvalue weighted by atomic mass is 9.92. The van der Waals surface area contributed by atoms with Crippen molar-refractivity contribution in [2.75, 3.05) is 5.73 Å². The molecule has 114 valence electrons. The van der Waals surface area contributed by atoms with Crippen molar-refractivity contribution in [2.45, 2.75) is 24.5 Å². The molecule has 0 unspecified atom stereocenters. The number of anilines is 1. The van der Waals surface area contributed by atoms with Crippen molar-refractivity contribution in [1.29, 1.82) is 0 Å². The molecule has 0 aliphatic heterocycles. The first kappa shape index (κ1) is 14.6. The maximum atomic E-state index is 11.3. The Morgan fingerprint density at radius 2 is 1.73 bits per heavy atom. The minimum atomic E-state index is -1.62. The number of hydrogen-bond donors (Lipinski definition) is 4. The largest absolute Gasteiger partial charge is 0.481 e. The Labute approximate surface area is 127 Å². The Morgan fingerprint density at radius 1 is 1.09 bits per heavy atom. The lowest BCUT2D eigenvalue weighted by Gasteiger charge is -2.14. The molecule has 0 aromatic heterocycles. The molecule has 2 aromatic rings. The fraction of sp³-hybridized carbons (Fsp3) is 0.235. The Balaban J connectivity index is 1.99. The van der Waals surface area contributed by atoms with E-state index < -0.39 is 17.7 Å². The molecular weight excluding hydrogens is 282 g/mol. The van der Waals surface area contributed by atoms with E-state index in [1.54, 1.807) is 36.4 Å². The van der Waals surface area contributed by atoms with Gasteiger partial charge in [0.15, 0.2) is 6.29 Å². The quantitative estimate of drug-likeness (QED) is 0.511. The maximum absolute atomic E-state index is 11.3. The summed E-state index contributed by atoms with van der Waals surface area (Å²) < 4.78 is 0. The minimum Gasteiger partial charge on any atom is -0.481 e. The Hall–Kier alpha value is -2.37. The summed E-state index contributed by atoms with van der Waals surface area (Å²) in [5.41, 5.74) is 7.95. The first-order valence-electron chi connectivity index (χ1n) is 7.04. The fourth-order valence-electron chi connectivity index (χ4n) is 2.78. The average Bonchev–Trinajstić information content (AvgIpc) is 3.29. The first-order chi connectivity index (χ1) is 10.4. The van der Waals surface area contributed by atoms with Crippen molar-refractivity contribution in [1.82, 2.24) is 0 Å². The van der Waals surface area contributed by atoms with E-state index in [1.165, 1.54) is 6.07 Å². The van der Waals surface area contributed by atoms with Crippen LogP contribution in [-0.2, 0) is 10.2 Å². The molecule has 0 saturated heterocycles. The van der Waals surface area contributed by atoms with E-state index in [1.807, 2.05) is 0 Å². The number of carboxylic acids is 1. The lowest BCUT2D eigenvalue weighted by molar-refractivity contribution is -0.140. The summed E-state index contributed by atoms with van der Waals surface area (Å²) >= 11 is 0. The molecule has 5 nitrogen and oxygen atoms in total. The van der Waals surface area contributed by atoms with Crippen LogP contribution in [0.2, 0.25) is 0 Å². The van der Waals surface area contributed by atoms with E-state index in [9.17, 15) is 20.1 Å². The monoisotopic (exact) mass is 299 g/mol. The van der Waals surface area contributed by atoms with Crippen molar-refractivity contribution in [2.24, 2.45) is 0 Å². The number of carboxylic acid groups (broad SMARTS) is 1. The zero-order chi connectivity index (χ0) is 15.9. The van der Waals surface area contributed by atoms with Gasteiger partial charge in [-0.2, -0.15) is 0 Å². The molecule has 0 spiro atoms. The third-order valence-electron chi connectivity index (χ3n) is 4.26. The highest BCUT2D eigenvalue weighted by Crippen LogP contribution is 2.48. The molecule has 5 heteroatoms. The van der Waals surface area contributed by atoms with E-state index >= 15 is 0 Å². The van der Waals surface area contributed by atoms with Gasteiger partial charge < -0.3 is 21.1 Å². The number of aliphatic hydroxyl groups is 2. The highest BCUT2D eigenvalue weighted by molar-refractivity contribution is 5.85. The second-order valence-corrected chi connectivity index (χ2v) is 5.68. The highest BCUT2D eigenvalue weighted by Gasteiger charge is 2.51. The molecule has 22 heavy (non-hydrogen) atoms. The predicted octanol–water partition coefficient (Wildman–Crippen LogP) is 2.04.